The fourth-order valence-electron chi connectivity index (χ4n) is 1.17. The van der Waals surface area contributed by atoms with Gasteiger partial charge in [-0.3, -0.25) is 0 Å². The number of hydrogen-bond donors (Lipinski definition) is 1. The van der Waals surface area contributed by atoms with Gasteiger partial charge in [0, 0.05) is 12.1 Å². The molecule has 2 rings (SSSR count). The Hall–Kier alpha value is -1.18. The van der Waals surface area contributed by atoms with Gasteiger partial charge < -0.3 is 4.84 Å². The molecule has 1 atom stereocenters. The van der Waals surface area contributed by atoms with Gasteiger partial charge in [-0.15, -0.1) is 0 Å². The third-order valence-electron chi connectivity index (χ3n) is 1.73. The van der Waals surface area contributed by atoms with Crippen molar-refractivity contribution in [1.29, 1.82) is 0 Å². The van der Waals surface area contributed by atoms with Crippen molar-refractivity contribution in [2.45, 2.75) is 6.42 Å². The van der Waals surface area contributed by atoms with Gasteiger partial charge >= 0.3 is 0 Å². The number of allylic oxidation sites excluding steroid dienone is 4. The van der Waals surface area contributed by atoms with E-state index < -0.39 is 0 Å². The van der Waals surface area contributed by atoms with E-state index in [1.54, 1.807) is 0 Å². The van der Waals surface area contributed by atoms with Crippen LogP contribution < -0.4 is 5.48 Å². The fourth-order valence-corrected chi connectivity index (χ4v) is 1.17. The topological polar surface area (TPSA) is 21.3 Å². The molecule has 52 valence electrons. The van der Waals surface area contributed by atoms with E-state index in [2.05, 4.69) is 17.6 Å². The number of nitrogens with one attached hydrogen (secondary N) is 1. The Bertz CT molecular complexity index is 215. The van der Waals surface area contributed by atoms with E-state index in [9.17, 15) is 0 Å². The molecule has 0 aromatic heterocycles. The van der Waals surface area contributed by atoms with Crippen molar-refractivity contribution < 1.29 is 4.84 Å². The van der Waals surface area contributed by atoms with Gasteiger partial charge in [-0.2, -0.15) is 0 Å². The maximum Gasteiger partial charge on any atom is 0.139 e. The first kappa shape index (κ1) is 5.59. The van der Waals surface area contributed by atoms with Gasteiger partial charge in [0.25, 0.3) is 0 Å². The maximum atomic E-state index is 5.15. The van der Waals surface area contributed by atoms with Gasteiger partial charge in [-0.05, 0) is 12.5 Å². The molecule has 0 saturated heterocycles. The second-order valence-corrected chi connectivity index (χ2v) is 2.42. The first-order valence-corrected chi connectivity index (χ1v) is 3.42. The second kappa shape index (κ2) is 2.21. The van der Waals surface area contributed by atoms with E-state index in [0.29, 0.717) is 5.92 Å². The molecule has 2 heteroatoms. The molecule has 0 aromatic rings. The highest BCUT2D eigenvalue weighted by molar-refractivity contribution is 5.21. The molecule has 0 amide bonds. The molecule has 1 aliphatic heterocycles. The highest BCUT2D eigenvalue weighted by Gasteiger charge is 2.16. The van der Waals surface area contributed by atoms with Crippen LogP contribution in [0.25, 0.3) is 0 Å². The van der Waals surface area contributed by atoms with E-state index >= 15 is 0 Å². The molecule has 0 aromatic carbocycles. The molecule has 2 aliphatic rings. The molecule has 1 heterocycles. The lowest BCUT2D eigenvalue weighted by atomic mass is 9.98. The van der Waals surface area contributed by atoms with Gasteiger partial charge in [0.15, 0.2) is 0 Å². The van der Waals surface area contributed by atoms with Crippen molar-refractivity contribution in [3.8, 4) is 0 Å². The number of rotatable bonds is 0. The zero-order valence-electron chi connectivity index (χ0n) is 5.58. The van der Waals surface area contributed by atoms with Crippen LogP contribution in [-0.2, 0) is 4.84 Å². The van der Waals surface area contributed by atoms with Crippen molar-refractivity contribution >= 4 is 0 Å². The van der Waals surface area contributed by atoms with Gasteiger partial charge in [0.1, 0.15) is 5.76 Å². The van der Waals surface area contributed by atoms with Crippen LogP contribution in [0.4, 0.5) is 0 Å². The largest absolute Gasteiger partial charge is 0.387 e. The summed E-state index contributed by atoms with van der Waals surface area (Å²) in [6.07, 6.45) is 11.2. The van der Waals surface area contributed by atoms with Crippen molar-refractivity contribution in [3.05, 3.63) is 36.3 Å². The first-order chi connectivity index (χ1) is 4.97. The van der Waals surface area contributed by atoms with Gasteiger partial charge in [0.2, 0.25) is 0 Å². The van der Waals surface area contributed by atoms with E-state index in [1.165, 1.54) is 0 Å². The zero-order chi connectivity index (χ0) is 6.81. The fraction of sp³-hybridized carbons (Fsp3) is 0.250. The maximum absolute atomic E-state index is 5.15. The third-order valence-corrected chi connectivity index (χ3v) is 1.73. The lowest BCUT2D eigenvalue weighted by Crippen LogP contribution is -2.18. The minimum Gasteiger partial charge on any atom is -0.387 e. The normalized spacial score (nSPS) is 28.0. The number of fused-ring (bicyclic) bond motifs is 1. The van der Waals surface area contributed by atoms with Crippen molar-refractivity contribution in [2.24, 2.45) is 5.92 Å². The van der Waals surface area contributed by atoms with Crippen LogP contribution in [-0.4, -0.2) is 0 Å². The summed E-state index contributed by atoms with van der Waals surface area (Å²) in [6, 6.07) is 0. The second-order valence-electron chi connectivity index (χ2n) is 2.42. The summed E-state index contributed by atoms with van der Waals surface area (Å²) in [7, 11) is 0. The van der Waals surface area contributed by atoms with Gasteiger partial charge in [0.05, 0.1) is 0 Å². The van der Waals surface area contributed by atoms with Crippen LogP contribution in [0.1, 0.15) is 6.42 Å². The Morgan fingerprint density at radius 1 is 1.60 bits per heavy atom. The standard InChI is InChI=1S/C8H9NO/c1-2-4-8-7(3-1)5-6-9-10-8/h1-2,4-7,9H,3H2. The molecule has 1 unspecified atom stereocenters. The Balaban J connectivity index is 2.26. The molecule has 10 heavy (non-hydrogen) atoms. The van der Waals surface area contributed by atoms with Gasteiger partial charge in [-0.1, -0.05) is 18.2 Å². The Labute approximate surface area is 59.8 Å². The summed E-state index contributed by atoms with van der Waals surface area (Å²) >= 11 is 0. The van der Waals surface area contributed by atoms with Crippen molar-refractivity contribution in [2.75, 3.05) is 0 Å². The lowest BCUT2D eigenvalue weighted by Gasteiger charge is -2.21. The summed E-state index contributed by atoms with van der Waals surface area (Å²) in [5.74, 6) is 1.48. The molecule has 1 N–H and O–H groups in total. The van der Waals surface area contributed by atoms with E-state index in [1.807, 2.05) is 18.4 Å². The Morgan fingerprint density at radius 3 is 3.50 bits per heavy atom. The lowest BCUT2D eigenvalue weighted by molar-refractivity contribution is 0.110. The SMILES string of the molecule is C1=CCC2C=CNOC2=C1. The summed E-state index contributed by atoms with van der Waals surface area (Å²) in [4.78, 5) is 5.15. The Kier molecular flexibility index (Phi) is 1.24. The summed E-state index contributed by atoms with van der Waals surface area (Å²) < 4.78 is 0. The highest BCUT2D eigenvalue weighted by atomic mass is 16.6. The smallest absolute Gasteiger partial charge is 0.139 e. The monoisotopic (exact) mass is 135 g/mol. The first-order valence-electron chi connectivity index (χ1n) is 3.42. The average Bonchev–Trinajstić information content (AvgIpc) is 2.05. The average molecular weight is 135 g/mol. The quantitative estimate of drug-likeness (QED) is 0.543. The Morgan fingerprint density at radius 2 is 2.60 bits per heavy atom. The van der Waals surface area contributed by atoms with Crippen LogP contribution in [0.5, 0.6) is 0 Å². The molecule has 0 spiro atoms. The molecule has 0 bridgehead atoms. The molecular weight excluding hydrogens is 126 g/mol. The van der Waals surface area contributed by atoms with Crippen LogP contribution in [0.2, 0.25) is 0 Å². The van der Waals surface area contributed by atoms with E-state index in [4.69, 9.17) is 4.84 Å². The molecular formula is C8H9NO. The summed E-state index contributed by atoms with van der Waals surface area (Å²) in [5.41, 5.74) is 2.70. The molecule has 0 radical (unpaired) electrons. The minimum atomic E-state index is 0.464. The van der Waals surface area contributed by atoms with Crippen molar-refractivity contribution in [1.82, 2.24) is 5.48 Å². The number of hydroxylamine groups is 1. The predicted molar refractivity (Wildman–Crippen MR) is 38.7 cm³/mol. The summed E-state index contributed by atoms with van der Waals surface area (Å²) in [5, 5.41) is 0. The van der Waals surface area contributed by atoms with Crippen LogP contribution in [0.15, 0.2) is 36.3 Å². The third kappa shape index (κ3) is 0.817. The summed E-state index contributed by atoms with van der Waals surface area (Å²) in [6.45, 7) is 0. The molecule has 0 saturated carbocycles. The molecule has 1 aliphatic carbocycles. The molecule has 2 nitrogen and oxygen atoms in total. The van der Waals surface area contributed by atoms with E-state index in [0.717, 1.165) is 12.2 Å². The van der Waals surface area contributed by atoms with E-state index in [-0.39, 0.29) is 0 Å². The highest BCUT2D eigenvalue weighted by Crippen LogP contribution is 2.23. The van der Waals surface area contributed by atoms with Crippen LogP contribution in [0.3, 0.4) is 0 Å². The van der Waals surface area contributed by atoms with Gasteiger partial charge in [-0.25, -0.2) is 5.48 Å². The molecule has 0 fully saturated rings. The predicted octanol–water partition coefficient (Wildman–Crippen LogP) is 1.49. The van der Waals surface area contributed by atoms with Crippen LogP contribution in [0, 0.1) is 5.92 Å². The number of hydrogen-bond acceptors (Lipinski definition) is 2. The zero-order valence-corrected chi connectivity index (χ0v) is 5.58. The van der Waals surface area contributed by atoms with Crippen LogP contribution >= 0.6 is 0 Å². The van der Waals surface area contributed by atoms with Crippen molar-refractivity contribution in [3.63, 3.8) is 0 Å². The minimum absolute atomic E-state index is 0.464.